The molecular formula is C18H16ClN3O3. The van der Waals surface area contributed by atoms with Crippen molar-refractivity contribution < 1.29 is 14.4 Å². The van der Waals surface area contributed by atoms with Gasteiger partial charge in [-0.05, 0) is 48.5 Å². The molecule has 25 heavy (non-hydrogen) atoms. The van der Waals surface area contributed by atoms with Crippen molar-refractivity contribution in [2.45, 2.75) is 6.42 Å². The smallest absolute Gasteiger partial charge is 0.248 e. The van der Waals surface area contributed by atoms with Gasteiger partial charge in [-0.1, -0.05) is 11.6 Å². The van der Waals surface area contributed by atoms with Gasteiger partial charge in [0.25, 0.3) is 0 Å². The maximum Gasteiger partial charge on any atom is 0.248 e. The molecule has 3 N–H and O–H groups in total. The lowest BCUT2D eigenvalue weighted by atomic mass is 10.1. The number of nitrogens with zero attached hydrogens (tertiary/aromatic N) is 1. The first kappa shape index (κ1) is 17.0. The number of amides is 3. The highest BCUT2D eigenvalue weighted by atomic mass is 35.5. The molecule has 1 heterocycles. The second kappa shape index (κ2) is 6.94. The first-order valence-corrected chi connectivity index (χ1v) is 8.08. The summed E-state index contributed by atoms with van der Waals surface area (Å²) in [7, 11) is 0. The second-order valence-electron chi connectivity index (χ2n) is 5.81. The van der Waals surface area contributed by atoms with Crippen LogP contribution >= 0.6 is 11.6 Å². The molecule has 128 valence electrons. The molecule has 1 fully saturated rings. The van der Waals surface area contributed by atoms with E-state index in [0.717, 1.165) is 5.69 Å². The van der Waals surface area contributed by atoms with Gasteiger partial charge in [-0.2, -0.15) is 0 Å². The number of anilines is 2. The average Bonchev–Trinajstić information content (AvgIpc) is 2.98. The molecule has 0 saturated carbocycles. The number of rotatable bonds is 4. The fourth-order valence-electron chi connectivity index (χ4n) is 2.72. The molecule has 2 aromatic carbocycles. The highest BCUT2D eigenvalue weighted by molar-refractivity contribution is 6.30. The lowest BCUT2D eigenvalue weighted by Gasteiger charge is -2.16. The molecule has 0 radical (unpaired) electrons. The summed E-state index contributed by atoms with van der Waals surface area (Å²) < 4.78 is 0. The Labute approximate surface area is 149 Å². The van der Waals surface area contributed by atoms with Gasteiger partial charge in [0.1, 0.15) is 0 Å². The molecule has 1 saturated heterocycles. The Morgan fingerprint density at radius 3 is 2.32 bits per heavy atom. The topological polar surface area (TPSA) is 92.5 Å². The Bertz CT molecular complexity index is 818. The molecule has 6 nitrogen and oxygen atoms in total. The van der Waals surface area contributed by atoms with Crippen molar-refractivity contribution in [3.8, 4) is 0 Å². The van der Waals surface area contributed by atoms with E-state index in [2.05, 4.69) is 5.32 Å². The summed E-state index contributed by atoms with van der Waals surface area (Å²) in [5.74, 6) is -1.32. The zero-order valence-electron chi connectivity index (χ0n) is 13.2. The quantitative estimate of drug-likeness (QED) is 0.880. The number of primary amides is 1. The molecule has 3 rings (SSSR count). The molecule has 1 aliphatic heterocycles. The highest BCUT2D eigenvalue weighted by Crippen LogP contribution is 2.27. The third-order valence-corrected chi connectivity index (χ3v) is 4.32. The van der Waals surface area contributed by atoms with Crippen LogP contribution in [0.4, 0.5) is 11.4 Å². The summed E-state index contributed by atoms with van der Waals surface area (Å²) in [5.41, 5.74) is 6.81. The number of nitrogens with one attached hydrogen (secondary N) is 1. The van der Waals surface area contributed by atoms with Crippen LogP contribution in [0.2, 0.25) is 5.02 Å². The standard InChI is InChI=1S/C18H16ClN3O3/c19-13-3-7-15(8-4-13)22-10-12(9-16(22)23)18(25)21-14-5-1-11(2-6-14)17(20)24/h1-8,12H,9-10H2,(H2,20,24)(H,21,25)/t12-/m0/s1. The molecule has 0 aromatic heterocycles. The number of benzene rings is 2. The first-order valence-electron chi connectivity index (χ1n) is 7.70. The number of hydrogen-bond donors (Lipinski definition) is 2. The molecule has 0 unspecified atom stereocenters. The number of carbonyl (C=O) groups excluding carboxylic acids is 3. The van der Waals surface area contributed by atoms with Crippen molar-refractivity contribution in [3.05, 3.63) is 59.1 Å². The number of nitrogens with two attached hydrogens (primary N) is 1. The summed E-state index contributed by atoms with van der Waals surface area (Å²) in [4.78, 5) is 37.3. The van der Waals surface area contributed by atoms with E-state index in [0.29, 0.717) is 22.8 Å². The predicted octanol–water partition coefficient (Wildman–Crippen LogP) is 2.43. The molecule has 1 aliphatic rings. The number of halogens is 1. The lowest BCUT2D eigenvalue weighted by Crippen LogP contribution is -2.28. The van der Waals surface area contributed by atoms with Crippen molar-refractivity contribution in [2.24, 2.45) is 11.7 Å². The van der Waals surface area contributed by atoms with Crippen LogP contribution in [0, 0.1) is 5.92 Å². The minimum Gasteiger partial charge on any atom is -0.366 e. The van der Waals surface area contributed by atoms with Gasteiger partial charge in [0.05, 0.1) is 5.92 Å². The van der Waals surface area contributed by atoms with Crippen molar-refractivity contribution >= 4 is 40.7 Å². The monoisotopic (exact) mass is 357 g/mol. The molecule has 0 aliphatic carbocycles. The average molecular weight is 358 g/mol. The largest absolute Gasteiger partial charge is 0.366 e. The zero-order chi connectivity index (χ0) is 18.0. The van der Waals surface area contributed by atoms with Crippen molar-refractivity contribution in [1.82, 2.24) is 0 Å². The van der Waals surface area contributed by atoms with E-state index in [1.807, 2.05) is 0 Å². The van der Waals surface area contributed by atoms with Gasteiger partial charge in [-0.25, -0.2) is 0 Å². The number of hydrogen-bond acceptors (Lipinski definition) is 3. The molecule has 7 heteroatoms. The molecule has 0 spiro atoms. The highest BCUT2D eigenvalue weighted by Gasteiger charge is 2.35. The molecule has 2 aromatic rings. The third-order valence-electron chi connectivity index (χ3n) is 4.07. The molecular weight excluding hydrogens is 342 g/mol. The minimum absolute atomic E-state index is 0.105. The Balaban J connectivity index is 1.66. The van der Waals surface area contributed by atoms with Gasteiger partial charge < -0.3 is 16.0 Å². The van der Waals surface area contributed by atoms with Crippen LogP contribution < -0.4 is 16.0 Å². The maximum atomic E-state index is 12.4. The molecule has 3 amide bonds. The van der Waals surface area contributed by atoms with E-state index in [1.54, 1.807) is 41.3 Å². The van der Waals surface area contributed by atoms with Crippen molar-refractivity contribution in [2.75, 3.05) is 16.8 Å². The summed E-state index contributed by atoms with van der Waals surface area (Å²) in [6.07, 6.45) is 0.147. The summed E-state index contributed by atoms with van der Waals surface area (Å²) in [5, 5.41) is 3.35. The van der Waals surface area contributed by atoms with Crippen LogP contribution in [-0.4, -0.2) is 24.3 Å². The Kier molecular flexibility index (Phi) is 4.72. The predicted molar refractivity (Wildman–Crippen MR) is 95.5 cm³/mol. The van der Waals surface area contributed by atoms with E-state index < -0.39 is 11.8 Å². The lowest BCUT2D eigenvalue weighted by molar-refractivity contribution is -0.122. The zero-order valence-corrected chi connectivity index (χ0v) is 14.0. The minimum atomic E-state index is -0.530. The van der Waals surface area contributed by atoms with Gasteiger partial charge in [0, 0.05) is 34.9 Å². The van der Waals surface area contributed by atoms with Gasteiger partial charge in [0.2, 0.25) is 17.7 Å². The Morgan fingerprint density at radius 1 is 1.08 bits per heavy atom. The van der Waals surface area contributed by atoms with Gasteiger partial charge >= 0.3 is 0 Å². The summed E-state index contributed by atoms with van der Waals surface area (Å²) in [6.45, 7) is 0.311. The fraction of sp³-hybridized carbons (Fsp3) is 0.167. The SMILES string of the molecule is NC(=O)c1ccc(NC(=O)[C@H]2CC(=O)N(c3ccc(Cl)cc3)C2)cc1. The van der Waals surface area contributed by atoms with Gasteiger partial charge in [-0.15, -0.1) is 0 Å². The van der Waals surface area contributed by atoms with Crippen molar-refractivity contribution in [1.29, 1.82) is 0 Å². The van der Waals surface area contributed by atoms with Gasteiger partial charge in [0.15, 0.2) is 0 Å². The van der Waals surface area contributed by atoms with E-state index in [1.165, 1.54) is 12.1 Å². The fourth-order valence-corrected chi connectivity index (χ4v) is 2.84. The number of carbonyl (C=O) groups is 3. The van der Waals surface area contributed by atoms with Crippen LogP contribution in [0.5, 0.6) is 0 Å². The Morgan fingerprint density at radius 2 is 1.72 bits per heavy atom. The van der Waals surface area contributed by atoms with E-state index in [4.69, 9.17) is 17.3 Å². The van der Waals surface area contributed by atoms with Crippen LogP contribution in [-0.2, 0) is 9.59 Å². The second-order valence-corrected chi connectivity index (χ2v) is 6.25. The van der Waals surface area contributed by atoms with Crippen LogP contribution in [0.1, 0.15) is 16.8 Å². The van der Waals surface area contributed by atoms with Crippen LogP contribution in [0.15, 0.2) is 48.5 Å². The molecule has 0 bridgehead atoms. The summed E-state index contributed by atoms with van der Waals surface area (Å²) in [6, 6.07) is 13.2. The van der Waals surface area contributed by atoms with Crippen LogP contribution in [0.3, 0.4) is 0 Å². The molecule has 1 atom stereocenters. The summed E-state index contributed by atoms with van der Waals surface area (Å²) >= 11 is 5.86. The third kappa shape index (κ3) is 3.80. The first-order chi connectivity index (χ1) is 11.9. The maximum absolute atomic E-state index is 12.4. The van der Waals surface area contributed by atoms with E-state index in [-0.39, 0.29) is 18.2 Å². The van der Waals surface area contributed by atoms with Crippen LogP contribution in [0.25, 0.3) is 0 Å². The van der Waals surface area contributed by atoms with Gasteiger partial charge in [-0.3, -0.25) is 14.4 Å². The van der Waals surface area contributed by atoms with Crippen molar-refractivity contribution in [3.63, 3.8) is 0 Å². The normalized spacial score (nSPS) is 16.8. The van der Waals surface area contributed by atoms with E-state index >= 15 is 0 Å². The van der Waals surface area contributed by atoms with E-state index in [9.17, 15) is 14.4 Å². The Hall–Kier alpha value is -2.86.